The van der Waals surface area contributed by atoms with Gasteiger partial charge in [-0.05, 0) is 18.2 Å². The van der Waals surface area contributed by atoms with Crippen LogP contribution in [0.25, 0.3) is 22.6 Å². The molecule has 0 bridgehead atoms. The number of carbonyl (C=O) groups excluding carboxylic acids is 1. The van der Waals surface area contributed by atoms with Crippen LogP contribution < -0.4 is 5.32 Å². The van der Waals surface area contributed by atoms with Gasteiger partial charge in [0.1, 0.15) is 11.3 Å². The monoisotopic (exact) mass is 389 g/mol. The maximum absolute atomic E-state index is 12.9. The minimum atomic E-state index is -4.46. The van der Waals surface area contributed by atoms with Crippen molar-refractivity contribution in [3.8, 4) is 11.4 Å². The molecule has 3 aromatic heterocycles. The van der Waals surface area contributed by atoms with Crippen molar-refractivity contribution in [1.82, 2.24) is 19.9 Å². The number of aromatic nitrogens is 4. The maximum Gasteiger partial charge on any atom is 0.416 e. The molecule has 0 atom stereocenters. The van der Waals surface area contributed by atoms with E-state index in [-0.39, 0.29) is 22.5 Å². The molecule has 6 nitrogen and oxygen atoms in total. The van der Waals surface area contributed by atoms with Gasteiger partial charge in [-0.2, -0.15) is 13.2 Å². The Morgan fingerprint density at radius 3 is 2.74 bits per heavy atom. The van der Waals surface area contributed by atoms with E-state index in [1.807, 2.05) is 0 Å². The van der Waals surface area contributed by atoms with Crippen LogP contribution in [0.2, 0.25) is 0 Å². The van der Waals surface area contributed by atoms with Crippen molar-refractivity contribution in [2.24, 2.45) is 0 Å². The van der Waals surface area contributed by atoms with Crippen molar-refractivity contribution < 1.29 is 18.0 Å². The molecule has 0 fully saturated rings. The van der Waals surface area contributed by atoms with Gasteiger partial charge in [0.05, 0.1) is 11.1 Å². The fourth-order valence-corrected chi connectivity index (χ4v) is 3.05. The second kappa shape index (κ2) is 6.47. The van der Waals surface area contributed by atoms with E-state index in [4.69, 9.17) is 0 Å². The first-order valence-electron chi connectivity index (χ1n) is 7.65. The summed E-state index contributed by atoms with van der Waals surface area (Å²) >= 11 is 1.26. The van der Waals surface area contributed by atoms with Gasteiger partial charge >= 0.3 is 6.18 Å². The van der Waals surface area contributed by atoms with Crippen molar-refractivity contribution in [2.75, 3.05) is 5.32 Å². The lowest BCUT2D eigenvalue weighted by Crippen LogP contribution is -2.12. The van der Waals surface area contributed by atoms with E-state index < -0.39 is 17.6 Å². The average Bonchev–Trinajstić information content (AvgIpc) is 3.30. The van der Waals surface area contributed by atoms with Crippen molar-refractivity contribution in [3.05, 3.63) is 59.2 Å². The summed E-state index contributed by atoms with van der Waals surface area (Å²) in [6, 6.07) is 6.27. The largest absolute Gasteiger partial charge is 0.416 e. The number of hydrogen-bond acceptors (Lipinski definition) is 5. The topological polar surface area (TPSA) is 83.6 Å². The second-order valence-corrected chi connectivity index (χ2v) is 6.41. The number of aromatic amines is 1. The molecule has 27 heavy (non-hydrogen) atoms. The molecule has 4 aromatic rings. The highest BCUT2D eigenvalue weighted by Crippen LogP contribution is 2.32. The number of nitrogens with zero attached hydrogens (tertiary/aromatic N) is 3. The fraction of sp³-hybridized carbons (Fsp3) is 0.0588. The second-order valence-electron chi connectivity index (χ2n) is 5.51. The van der Waals surface area contributed by atoms with Crippen LogP contribution in [0.15, 0.2) is 48.1 Å². The fourth-order valence-electron chi connectivity index (χ4n) is 2.52. The third kappa shape index (κ3) is 3.38. The van der Waals surface area contributed by atoms with Crippen LogP contribution in [0.4, 0.5) is 18.3 Å². The predicted molar refractivity (Wildman–Crippen MR) is 94.4 cm³/mol. The lowest BCUT2D eigenvalue weighted by atomic mass is 10.1. The third-order valence-corrected chi connectivity index (χ3v) is 4.43. The Hall–Kier alpha value is -3.27. The van der Waals surface area contributed by atoms with Crippen LogP contribution in [0.5, 0.6) is 0 Å². The highest BCUT2D eigenvalue weighted by molar-refractivity contribution is 7.13. The summed E-state index contributed by atoms with van der Waals surface area (Å²) in [6.07, 6.45) is -1.48. The van der Waals surface area contributed by atoms with Crippen molar-refractivity contribution in [1.29, 1.82) is 0 Å². The van der Waals surface area contributed by atoms with Gasteiger partial charge in [-0.1, -0.05) is 12.1 Å². The standard InChI is InChI=1S/C17H10F3N5OS/c18-17(19,20)10-3-1-2-9(8-10)13-23-12-11(4-5-21-14(12)24-13)15(26)25-16-22-6-7-27-16/h1-8H,(H,21,23,24)(H,22,25,26). The van der Waals surface area contributed by atoms with E-state index in [2.05, 4.69) is 25.3 Å². The Bertz CT molecular complexity index is 1120. The Balaban J connectivity index is 1.74. The van der Waals surface area contributed by atoms with Gasteiger partial charge < -0.3 is 4.98 Å². The Labute approximate surface area is 154 Å². The molecule has 0 saturated carbocycles. The predicted octanol–water partition coefficient (Wildman–Crippen LogP) is 4.35. The molecule has 0 aliphatic rings. The molecule has 2 N–H and O–H groups in total. The lowest BCUT2D eigenvalue weighted by molar-refractivity contribution is -0.137. The Kier molecular flexibility index (Phi) is 4.11. The molecule has 0 aliphatic carbocycles. The van der Waals surface area contributed by atoms with Crippen LogP contribution in [-0.4, -0.2) is 25.8 Å². The van der Waals surface area contributed by atoms with Gasteiger partial charge in [0.15, 0.2) is 10.8 Å². The highest BCUT2D eigenvalue weighted by atomic mass is 32.1. The first kappa shape index (κ1) is 17.2. The maximum atomic E-state index is 12.9. The number of alkyl halides is 3. The minimum absolute atomic E-state index is 0.193. The molecular weight excluding hydrogens is 379 g/mol. The summed E-state index contributed by atoms with van der Waals surface area (Å²) in [6.45, 7) is 0. The van der Waals surface area contributed by atoms with E-state index >= 15 is 0 Å². The molecule has 0 aliphatic heterocycles. The average molecular weight is 389 g/mol. The SMILES string of the molecule is O=C(Nc1nccs1)c1ccnc2[nH]c(-c3cccc(C(F)(F)F)c3)nc12. The number of pyridine rings is 1. The molecule has 10 heteroatoms. The number of thiazole rings is 1. The van der Waals surface area contributed by atoms with E-state index in [9.17, 15) is 18.0 Å². The lowest BCUT2D eigenvalue weighted by Gasteiger charge is -2.07. The smallest absolute Gasteiger partial charge is 0.323 e. The molecule has 3 heterocycles. The number of halogens is 3. The summed E-state index contributed by atoms with van der Waals surface area (Å²) in [7, 11) is 0. The first-order chi connectivity index (χ1) is 12.9. The number of carbonyl (C=O) groups is 1. The van der Waals surface area contributed by atoms with Gasteiger partial charge in [-0.15, -0.1) is 11.3 Å². The van der Waals surface area contributed by atoms with Crippen molar-refractivity contribution in [3.63, 3.8) is 0 Å². The number of hydrogen-bond donors (Lipinski definition) is 2. The molecule has 0 spiro atoms. The van der Waals surface area contributed by atoms with Gasteiger partial charge in [0, 0.05) is 23.3 Å². The van der Waals surface area contributed by atoms with Crippen LogP contribution in [0, 0.1) is 0 Å². The van der Waals surface area contributed by atoms with E-state index in [0.717, 1.165) is 12.1 Å². The summed E-state index contributed by atoms with van der Waals surface area (Å²) in [5.41, 5.74) is 0.266. The van der Waals surface area contributed by atoms with Crippen molar-refractivity contribution >= 4 is 33.5 Å². The van der Waals surface area contributed by atoms with Gasteiger partial charge in [-0.25, -0.2) is 15.0 Å². The van der Waals surface area contributed by atoms with Gasteiger partial charge in [0.2, 0.25) is 0 Å². The van der Waals surface area contributed by atoms with Crippen molar-refractivity contribution in [2.45, 2.75) is 6.18 Å². The highest BCUT2D eigenvalue weighted by Gasteiger charge is 2.30. The molecule has 4 rings (SSSR count). The van der Waals surface area contributed by atoms with Crippen LogP contribution >= 0.6 is 11.3 Å². The number of imidazole rings is 1. The van der Waals surface area contributed by atoms with Gasteiger partial charge in [-0.3, -0.25) is 10.1 Å². The molecule has 1 aromatic carbocycles. The molecule has 0 unspecified atom stereocenters. The summed E-state index contributed by atoms with van der Waals surface area (Å²) < 4.78 is 38.8. The first-order valence-corrected chi connectivity index (χ1v) is 8.53. The zero-order valence-electron chi connectivity index (χ0n) is 13.4. The number of amides is 1. The minimum Gasteiger partial charge on any atom is -0.323 e. The third-order valence-electron chi connectivity index (χ3n) is 3.75. The molecule has 0 saturated heterocycles. The Morgan fingerprint density at radius 1 is 1.15 bits per heavy atom. The summed E-state index contributed by atoms with van der Waals surface area (Å²) in [4.78, 5) is 27.7. The molecule has 136 valence electrons. The van der Waals surface area contributed by atoms with Crippen LogP contribution in [-0.2, 0) is 6.18 Å². The number of benzene rings is 1. The van der Waals surface area contributed by atoms with E-state index in [1.165, 1.54) is 35.7 Å². The summed E-state index contributed by atoms with van der Waals surface area (Å²) in [5.74, 6) is -0.238. The van der Waals surface area contributed by atoms with Crippen LogP contribution in [0.3, 0.4) is 0 Å². The number of rotatable bonds is 3. The summed E-state index contributed by atoms with van der Waals surface area (Å²) in [5, 5.41) is 4.80. The van der Waals surface area contributed by atoms with E-state index in [1.54, 1.807) is 11.6 Å². The molecule has 1 amide bonds. The molecule has 0 radical (unpaired) electrons. The van der Waals surface area contributed by atoms with E-state index in [0.29, 0.717) is 10.8 Å². The van der Waals surface area contributed by atoms with Gasteiger partial charge in [0.25, 0.3) is 5.91 Å². The number of H-pyrrole nitrogens is 1. The zero-order valence-corrected chi connectivity index (χ0v) is 14.2. The number of anilines is 1. The van der Waals surface area contributed by atoms with Crippen LogP contribution in [0.1, 0.15) is 15.9 Å². The normalized spacial score (nSPS) is 11.7. The molecular formula is C17H10F3N5OS. The number of fused-ring (bicyclic) bond motifs is 1. The quantitative estimate of drug-likeness (QED) is 0.546. The Morgan fingerprint density at radius 2 is 2.00 bits per heavy atom. The number of nitrogens with one attached hydrogen (secondary N) is 2. The zero-order chi connectivity index (χ0) is 19.0.